The molecule has 0 atom stereocenters. The molecular formula is C23H19F3N2O6. The van der Waals surface area contributed by atoms with E-state index in [0.29, 0.717) is 23.6 Å². The second-order valence-electron chi connectivity index (χ2n) is 6.66. The fourth-order valence-corrected chi connectivity index (χ4v) is 2.67. The lowest BCUT2D eigenvalue weighted by atomic mass is 10.1. The summed E-state index contributed by atoms with van der Waals surface area (Å²) >= 11 is 0. The summed E-state index contributed by atoms with van der Waals surface area (Å²) in [6.45, 7) is 0. The van der Waals surface area contributed by atoms with E-state index >= 15 is 0 Å². The molecule has 2 aromatic carbocycles. The van der Waals surface area contributed by atoms with Crippen molar-refractivity contribution in [1.82, 2.24) is 9.97 Å². The van der Waals surface area contributed by atoms with Crippen LogP contribution < -0.4 is 0 Å². The molecule has 178 valence electrons. The van der Waals surface area contributed by atoms with E-state index in [0.717, 1.165) is 22.8 Å². The number of benzene rings is 2. The molecule has 0 radical (unpaired) electrons. The zero-order valence-electron chi connectivity index (χ0n) is 17.7. The fraction of sp³-hybridized carbons (Fsp3) is 0.130. The summed E-state index contributed by atoms with van der Waals surface area (Å²) < 4.78 is 36.6. The Hall–Kier alpha value is -4.41. The monoisotopic (exact) mass is 476 g/mol. The number of alkyl halides is 3. The normalized spacial score (nSPS) is 10.9. The van der Waals surface area contributed by atoms with Crippen LogP contribution >= 0.6 is 0 Å². The number of hydrogen-bond donors (Lipinski definition) is 3. The summed E-state index contributed by atoms with van der Waals surface area (Å²) in [5.41, 5.74) is 3.47. The Morgan fingerprint density at radius 1 is 1.03 bits per heavy atom. The highest BCUT2D eigenvalue weighted by Gasteiger charge is 2.38. The number of nitrogens with one attached hydrogen (secondary N) is 1. The average Bonchev–Trinajstić information content (AvgIpc) is 3.22. The van der Waals surface area contributed by atoms with Crippen molar-refractivity contribution in [2.75, 3.05) is 7.11 Å². The minimum Gasteiger partial charge on any atom is -0.478 e. The molecule has 0 bridgehead atoms. The molecule has 0 aliphatic carbocycles. The molecule has 0 unspecified atom stereocenters. The van der Waals surface area contributed by atoms with Crippen molar-refractivity contribution in [3.8, 4) is 11.3 Å². The van der Waals surface area contributed by atoms with Gasteiger partial charge in [-0.25, -0.2) is 19.4 Å². The van der Waals surface area contributed by atoms with Gasteiger partial charge in [-0.2, -0.15) is 13.2 Å². The first-order valence-electron chi connectivity index (χ1n) is 9.54. The Balaban J connectivity index is 0.000000509. The van der Waals surface area contributed by atoms with E-state index in [2.05, 4.69) is 9.97 Å². The number of carboxylic acids is 2. The highest BCUT2D eigenvalue weighted by atomic mass is 19.4. The van der Waals surface area contributed by atoms with Crippen LogP contribution in [-0.2, 0) is 20.7 Å². The lowest BCUT2D eigenvalue weighted by molar-refractivity contribution is -0.192. The Kier molecular flexibility index (Phi) is 8.71. The quantitative estimate of drug-likeness (QED) is 0.359. The first-order valence-corrected chi connectivity index (χ1v) is 9.54. The summed E-state index contributed by atoms with van der Waals surface area (Å²) in [6, 6.07) is 16.9. The molecule has 3 N–H and O–H groups in total. The van der Waals surface area contributed by atoms with Crippen molar-refractivity contribution >= 4 is 24.0 Å². The van der Waals surface area contributed by atoms with Gasteiger partial charge in [0.2, 0.25) is 0 Å². The summed E-state index contributed by atoms with van der Waals surface area (Å²) in [4.78, 5) is 39.2. The van der Waals surface area contributed by atoms with Gasteiger partial charge in [-0.05, 0) is 17.2 Å². The highest BCUT2D eigenvalue weighted by Crippen LogP contribution is 2.23. The predicted molar refractivity (Wildman–Crippen MR) is 115 cm³/mol. The maximum atomic E-state index is 12.1. The van der Waals surface area contributed by atoms with Crippen LogP contribution in [0.25, 0.3) is 17.3 Å². The summed E-state index contributed by atoms with van der Waals surface area (Å²) in [5.74, 6) is -3.57. The summed E-state index contributed by atoms with van der Waals surface area (Å²) in [6.07, 6.45) is -1.96. The number of carboxylic acid groups (broad SMARTS) is 2. The van der Waals surface area contributed by atoms with E-state index in [1.165, 1.54) is 13.2 Å². The van der Waals surface area contributed by atoms with Gasteiger partial charge in [0.15, 0.2) is 5.69 Å². The van der Waals surface area contributed by atoms with Gasteiger partial charge < -0.3 is 19.9 Å². The van der Waals surface area contributed by atoms with Gasteiger partial charge in [0.1, 0.15) is 11.5 Å². The lowest BCUT2D eigenvalue weighted by Gasteiger charge is -2.00. The third-order valence-corrected chi connectivity index (χ3v) is 4.20. The van der Waals surface area contributed by atoms with E-state index in [9.17, 15) is 22.8 Å². The van der Waals surface area contributed by atoms with Gasteiger partial charge in [0.25, 0.3) is 0 Å². The van der Waals surface area contributed by atoms with Gasteiger partial charge in [-0.3, -0.25) is 0 Å². The zero-order chi connectivity index (χ0) is 25.3. The predicted octanol–water partition coefficient (Wildman–Crippen LogP) is 4.19. The Morgan fingerprint density at radius 3 is 2.12 bits per heavy atom. The van der Waals surface area contributed by atoms with Crippen LogP contribution in [-0.4, -0.2) is 51.4 Å². The van der Waals surface area contributed by atoms with Crippen LogP contribution in [0, 0.1) is 0 Å². The number of ether oxygens (including phenoxy) is 1. The number of hydrogen-bond acceptors (Lipinski definition) is 5. The van der Waals surface area contributed by atoms with E-state index in [1.807, 2.05) is 54.6 Å². The number of rotatable bonds is 6. The summed E-state index contributed by atoms with van der Waals surface area (Å²) in [5, 5.41) is 15.8. The zero-order valence-corrected chi connectivity index (χ0v) is 17.7. The molecule has 0 aliphatic heterocycles. The number of methoxy groups -OCH3 is 1. The Labute approximate surface area is 191 Å². The van der Waals surface area contributed by atoms with Crippen molar-refractivity contribution in [1.29, 1.82) is 0 Å². The molecule has 0 aliphatic rings. The molecule has 3 rings (SSSR count). The Bertz CT molecular complexity index is 1170. The van der Waals surface area contributed by atoms with E-state index in [4.69, 9.17) is 19.7 Å². The molecule has 8 nitrogen and oxygen atoms in total. The second-order valence-corrected chi connectivity index (χ2v) is 6.66. The van der Waals surface area contributed by atoms with Crippen molar-refractivity contribution in [3.05, 3.63) is 83.3 Å². The number of nitrogens with zero attached hydrogens (tertiary/aromatic N) is 1. The minimum absolute atomic E-state index is 0.319. The molecule has 0 spiro atoms. The van der Waals surface area contributed by atoms with Crippen LogP contribution in [0.5, 0.6) is 0 Å². The van der Waals surface area contributed by atoms with E-state index < -0.39 is 24.1 Å². The first-order chi connectivity index (χ1) is 16.0. The number of H-pyrrole nitrogens is 1. The highest BCUT2D eigenvalue weighted by molar-refractivity contribution is 5.94. The Morgan fingerprint density at radius 2 is 1.62 bits per heavy atom. The van der Waals surface area contributed by atoms with E-state index in [1.54, 1.807) is 0 Å². The number of carbonyl (C=O) groups excluding carboxylic acids is 1. The number of aliphatic carboxylic acids is 2. The molecule has 0 fully saturated rings. The van der Waals surface area contributed by atoms with Crippen LogP contribution in [0.3, 0.4) is 0 Å². The third kappa shape index (κ3) is 7.62. The van der Waals surface area contributed by atoms with Crippen molar-refractivity contribution in [3.63, 3.8) is 0 Å². The molecule has 0 saturated heterocycles. The summed E-state index contributed by atoms with van der Waals surface area (Å²) in [7, 11) is 1.33. The second kappa shape index (κ2) is 11.5. The van der Waals surface area contributed by atoms with Crippen LogP contribution in [0.4, 0.5) is 13.2 Å². The van der Waals surface area contributed by atoms with Gasteiger partial charge in [-0.1, -0.05) is 54.6 Å². The van der Waals surface area contributed by atoms with E-state index in [-0.39, 0.29) is 0 Å². The number of halogens is 3. The number of carbonyl (C=O) groups is 3. The van der Waals surface area contributed by atoms with Gasteiger partial charge >= 0.3 is 24.1 Å². The van der Waals surface area contributed by atoms with Crippen molar-refractivity contribution in [2.24, 2.45) is 0 Å². The van der Waals surface area contributed by atoms with Crippen LogP contribution in [0.1, 0.15) is 27.4 Å². The lowest BCUT2D eigenvalue weighted by Crippen LogP contribution is -2.21. The molecule has 0 amide bonds. The SMILES string of the molecule is COC(=O)c1[nH]c(Cc2ccc(/C=C/C(=O)O)cc2)nc1-c1ccccc1.O=C(O)C(F)(F)F. The smallest absolute Gasteiger partial charge is 0.478 e. The van der Waals surface area contributed by atoms with Crippen LogP contribution in [0.2, 0.25) is 0 Å². The molecule has 34 heavy (non-hydrogen) atoms. The van der Waals surface area contributed by atoms with Gasteiger partial charge in [0, 0.05) is 18.1 Å². The molecule has 11 heteroatoms. The van der Waals surface area contributed by atoms with Gasteiger partial charge in [0.05, 0.1) is 7.11 Å². The van der Waals surface area contributed by atoms with Crippen LogP contribution in [0.15, 0.2) is 60.7 Å². The number of esters is 1. The molecule has 1 aromatic heterocycles. The average molecular weight is 476 g/mol. The maximum absolute atomic E-state index is 12.1. The third-order valence-electron chi connectivity index (χ3n) is 4.20. The molecular weight excluding hydrogens is 457 g/mol. The van der Waals surface area contributed by atoms with Crippen molar-refractivity contribution < 1.29 is 42.5 Å². The van der Waals surface area contributed by atoms with Gasteiger partial charge in [-0.15, -0.1) is 0 Å². The largest absolute Gasteiger partial charge is 0.490 e. The molecule has 0 saturated carbocycles. The maximum Gasteiger partial charge on any atom is 0.490 e. The van der Waals surface area contributed by atoms with Crippen molar-refractivity contribution in [2.45, 2.75) is 12.6 Å². The first kappa shape index (κ1) is 25.8. The number of aromatic amines is 1. The topological polar surface area (TPSA) is 130 Å². The fourth-order valence-electron chi connectivity index (χ4n) is 2.67. The molecule has 3 aromatic rings. The minimum atomic E-state index is -5.08. The standard InChI is InChI=1S/C21H18N2O4.C2HF3O2/c1-27-21(26)20-19(16-5-3-2-4-6-16)22-17(23-20)13-15-9-7-14(8-10-15)11-12-18(24)25;3-2(4,5)1(6)7/h2-12H,13H2,1H3,(H,22,23)(H,24,25);(H,6,7)/b12-11+;. The number of imidazole rings is 1. The molecule has 1 heterocycles. The number of aromatic nitrogens is 2.